The third-order valence-electron chi connectivity index (χ3n) is 4.88. The van der Waals surface area contributed by atoms with Crippen LogP contribution in [0.2, 0.25) is 5.02 Å². The van der Waals surface area contributed by atoms with Crippen LogP contribution in [0.3, 0.4) is 0 Å². The van der Waals surface area contributed by atoms with Crippen molar-refractivity contribution < 1.29 is 14.3 Å². The first kappa shape index (κ1) is 24.7. The molecule has 1 aromatic heterocycles. The minimum Gasteiger partial charge on any atom is -0.489 e. The van der Waals surface area contributed by atoms with Gasteiger partial charge in [0.2, 0.25) is 0 Å². The largest absolute Gasteiger partial charge is 0.489 e. The first-order valence-corrected chi connectivity index (χ1v) is 10.7. The van der Waals surface area contributed by atoms with Gasteiger partial charge >= 0.3 is 0 Å². The maximum Gasteiger partial charge on any atom is 0.269 e. The number of nitrogens with one attached hydrogen (secondary N) is 1. The number of rotatable bonds is 9. The summed E-state index contributed by atoms with van der Waals surface area (Å²) in [5.41, 5.74) is 4.55. The average Bonchev–Trinajstić information content (AvgIpc) is 2.82. The molecule has 34 heavy (non-hydrogen) atoms. The topological polar surface area (TPSA) is 106 Å². The molecule has 0 atom stereocenters. The Bertz CT molecular complexity index is 1290. The molecule has 1 N–H and O–H groups in total. The second-order valence-corrected chi connectivity index (χ2v) is 7.84. The number of hydrazone groups is 1. The van der Waals surface area contributed by atoms with Crippen molar-refractivity contribution in [2.45, 2.75) is 26.7 Å². The molecule has 2 aromatic carbocycles. The molecule has 0 fully saturated rings. The maximum absolute atomic E-state index is 12.6. The van der Waals surface area contributed by atoms with Gasteiger partial charge in [0.05, 0.1) is 12.8 Å². The zero-order valence-corrected chi connectivity index (χ0v) is 19.5. The molecule has 8 nitrogen and oxygen atoms in total. The van der Waals surface area contributed by atoms with E-state index in [4.69, 9.17) is 21.1 Å². The molecule has 0 aliphatic heterocycles. The number of hydrogen-bond acceptors (Lipinski definition) is 6. The van der Waals surface area contributed by atoms with Crippen LogP contribution in [0.15, 0.2) is 64.5 Å². The number of nitrogens with zero attached hydrogens (tertiary/aromatic N) is 3. The molecule has 0 bridgehead atoms. The Morgan fingerprint density at radius 3 is 2.68 bits per heavy atom. The molecule has 0 saturated carbocycles. The third kappa shape index (κ3) is 6.54. The smallest absolute Gasteiger partial charge is 0.269 e. The second-order valence-electron chi connectivity index (χ2n) is 7.40. The summed E-state index contributed by atoms with van der Waals surface area (Å²) < 4.78 is 12.1. The quantitative estimate of drug-likeness (QED) is 0.374. The Morgan fingerprint density at radius 1 is 1.21 bits per heavy atom. The number of methoxy groups -OCH3 is 1. The fourth-order valence-corrected chi connectivity index (χ4v) is 3.34. The minimum absolute atomic E-state index is 0.0424. The number of nitriles is 1. The van der Waals surface area contributed by atoms with Gasteiger partial charge in [-0.25, -0.2) is 5.43 Å². The van der Waals surface area contributed by atoms with E-state index in [1.54, 1.807) is 31.2 Å². The molecule has 1 amide bonds. The number of carbonyl (C=O) groups excluding carboxylic acids is 1. The van der Waals surface area contributed by atoms with E-state index < -0.39 is 11.5 Å². The second kappa shape index (κ2) is 11.8. The molecule has 174 valence electrons. The Balaban J connectivity index is 1.61. The fourth-order valence-electron chi connectivity index (χ4n) is 3.21. The molecule has 0 saturated heterocycles. The molecular formula is C25H23ClN4O4. The number of carbonyl (C=O) groups is 1. The fraction of sp³-hybridized carbons (Fsp3) is 0.200. The van der Waals surface area contributed by atoms with Crippen LogP contribution in [0.1, 0.15) is 27.9 Å². The summed E-state index contributed by atoms with van der Waals surface area (Å²) in [6.07, 6.45) is 1.48. The van der Waals surface area contributed by atoms with Gasteiger partial charge in [-0.1, -0.05) is 35.9 Å². The molecular weight excluding hydrogens is 456 g/mol. The number of halogens is 1. The highest BCUT2D eigenvalue weighted by Crippen LogP contribution is 2.16. The molecule has 3 aromatic rings. The van der Waals surface area contributed by atoms with E-state index in [9.17, 15) is 14.9 Å². The predicted octanol–water partition coefficient (Wildman–Crippen LogP) is 3.56. The number of benzene rings is 2. The SMILES string of the molecule is COCc1cc(C)n(CC(=O)N/N=C\c2cccc(OCc3ccc(Cl)cc3)c2)c(=O)c1C#N. The molecule has 0 aliphatic rings. The number of pyridine rings is 1. The Morgan fingerprint density at radius 2 is 1.97 bits per heavy atom. The van der Waals surface area contributed by atoms with Gasteiger partial charge in [-0.3, -0.25) is 9.59 Å². The maximum atomic E-state index is 12.6. The first-order chi connectivity index (χ1) is 16.4. The van der Waals surface area contributed by atoms with Crippen LogP contribution in [0.4, 0.5) is 0 Å². The van der Waals surface area contributed by atoms with Crippen LogP contribution in [-0.2, 0) is 29.3 Å². The van der Waals surface area contributed by atoms with E-state index in [0.29, 0.717) is 28.6 Å². The zero-order chi connectivity index (χ0) is 24.5. The van der Waals surface area contributed by atoms with Crippen LogP contribution in [0.5, 0.6) is 5.75 Å². The lowest BCUT2D eigenvalue weighted by Crippen LogP contribution is -2.33. The number of hydrogen-bond donors (Lipinski definition) is 1. The molecule has 0 spiro atoms. The Kier molecular flexibility index (Phi) is 8.57. The van der Waals surface area contributed by atoms with Crippen molar-refractivity contribution >= 4 is 23.7 Å². The van der Waals surface area contributed by atoms with Crippen molar-refractivity contribution in [1.82, 2.24) is 9.99 Å². The van der Waals surface area contributed by atoms with E-state index in [-0.39, 0.29) is 18.7 Å². The highest BCUT2D eigenvalue weighted by atomic mass is 35.5. The predicted molar refractivity (Wildman–Crippen MR) is 129 cm³/mol. The number of amides is 1. The van der Waals surface area contributed by atoms with Gasteiger partial charge in [-0.05, 0) is 48.4 Å². The van der Waals surface area contributed by atoms with Gasteiger partial charge in [0.25, 0.3) is 11.5 Å². The molecule has 9 heteroatoms. The van der Waals surface area contributed by atoms with E-state index in [1.807, 2.05) is 36.4 Å². The first-order valence-electron chi connectivity index (χ1n) is 10.3. The van der Waals surface area contributed by atoms with Crippen molar-refractivity contribution in [2.24, 2.45) is 5.10 Å². The minimum atomic E-state index is -0.542. The van der Waals surface area contributed by atoms with Crippen molar-refractivity contribution in [1.29, 1.82) is 5.26 Å². The van der Waals surface area contributed by atoms with Gasteiger partial charge in [0.15, 0.2) is 0 Å². The Labute approximate surface area is 202 Å². The summed E-state index contributed by atoms with van der Waals surface area (Å²) in [7, 11) is 1.48. The van der Waals surface area contributed by atoms with Gasteiger partial charge < -0.3 is 14.0 Å². The highest BCUT2D eigenvalue weighted by Gasteiger charge is 2.14. The zero-order valence-electron chi connectivity index (χ0n) is 18.7. The Hall–Kier alpha value is -3.93. The number of ether oxygens (including phenoxy) is 2. The van der Waals surface area contributed by atoms with Gasteiger partial charge in [0, 0.05) is 23.4 Å². The molecule has 1 heterocycles. The highest BCUT2D eigenvalue weighted by molar-refractivity contribution is 6.30. The van der Waals surface area contributed by atoms with E-state index in [0.717, 1.165) is 11.1 Å². The van der Waals surface area contributed by atoms with Crippen LogP contribution < -0.4 is 15.7 Å². The molecule has 3 rings (SSSR count). The molecule has 0 aliphatic carbocycles. The van der Waals surface area contributed by atoms with Crippen molar-refractivity contribution in [3.63, 3.8) is 0 Å². The van der Waals surface area contributed by atoms with Gasteiger partial charge in [-0.15, -0.1) is 0 Å². The number of aromatic nitrogens is 1. The standard InChI is InChI=1S/C25H23ClN4O4/c1-17-10-20(16-33-2)23(12-27)25(32)30(17)14-24(31)29-28-13-19-4-3-5-22(11-19)34-15-18-6-8-21(26)9-7-18/h3-11,13H,14-16H2,1-2H3,(H,29,31)/b28-13-. The summed E-state index contributed by atoms with van der Waals surface area (Å²) >= 11 is 5.89. The third-order valence-corrected chi connectivity index (χ3v) is 5.13. The molecule has 0 radical (unpaired) electrons. The van der Waals surface area contributed by atoms with E-state index >= 15 is 0 Å². The van der Waals surface area contributed by atoms with E-state index in [1.165, 1.54) is 17.9 Å². The molecule has 0 unspecified atom stereocenters. The summed E-state index contributed by atoms with van der Waals surface area (Å²) in [4.78, 5) is 25.0. The van der Waals surface area contributed by atoms with Crippen molar-refractivity contribution in [2.75, 3.05) is 7.11 Å². The normalized spacial score (nSPS) is 10.8. The van der Waals surface area contributed by atoms with Gasteiger partial charge in [-0.2, -0.15) is 10.4 Å². The summed E-state index contributed by atoms with van der Waals surface area (Å²) in [6, 6.07) is 18.2. The summed E-state index contributed by atoms with van der Waals surface area (Å²) in [5, 5.41) is 13.9. The lowest BCUT2D eigenvalue weighted by Gasteiger charge is -2.12. The van der Waals surface area contributed by atoms with Crippen LogP contribution in [0.25, 0.3) is 0 Å². The van der Waals surface area contributed by atoms with E-state index in [2.05, 4.69) is 10.5 Å². The van der Waals surface area contributed by atoms with Crippen LogP contribution in [0, 0.1) is 18.3 Å². The number of aryl methyl sites for hydroxylation is 1. The lowest BCUT2D eigenvalue weighted by atomic mass is 10.1. The summed E-state index contributed by atoms with van der Waals surface area (Å²) in [6.45, 7) is 1.94. The van der Waals surface area contributed by atoms with Crippen molar-refractivity contribution in [3.05, 3.63) is 97.9 Å². The van der Waals surface area contributed by atoms with Crippen LogP contribution in [-0.4, -0.2) is 23.8 Å². The monoisotopic (exact) mass is 478 g/mol. The van der Waals surface area contributed by atoms with Crippen molar-refractivity contribution in [3.8, 4) is 11.8 Å². The summed E-state index contributed by atoms with van der Waals surface area (Å²) in [5.74, 6) is 0.146. The lowest BCUT2D eigenvalue weighted by molar-refractivity contribution is -0.121. The average molecular weight is 479 g/mol. The van der Waals surface area contributed by atoms with Gasteiger partial charge in [0.1, 0.15) is 30.5 Å². The van der Waals surface area contributed by atoms with Crippen LogP contribution >= 0.6 is 11.6 Å².